The van der Waals surface area contributed by atoms with E-state index in [1.54, 1.807) is 6.20 Å². The van der Waals surface area contributed by atoms with Crippen LogP contribution in [0.15, 0.2) is 24.7 Å². The monoisotopic (exact) mass is 423 g/mol. The summed E-state index contributed by atoms with van der Waals surface area (Å²) in [6.07, 6.45) is 7.31. The minimum atomic E-state index is -1.24. The molecule has 0 bridgehead atoms. The summed E-state index contributed by atoms with van der Waals surface area (Å²) in [5.74, 6) is 1.38. The number of hydrogen-bond donors (Lipinski definition) is 2. The van der Waals surface area contributed by atoms with Gasteiger partial charge in [0.2, 0.25) is 5.95 Å². The first-order chi connectivity index (χ1) is 14.8. The number of H-pyrrole nitrogens is 1. The van der Waals surface area contributed by atoms with Gasteiger partial charge in [-0.25, -0.2) is 19.3 Å². The van der Waals surface area contributed by atoms with Gasteiger partial charge < -0.3 is 14.9 Å². The molecule has 2 N–H and O–H groups in total. The lowest BCUT2D eigenvalue weighted by atomic mass is 9.97. The van der Waals surface area contributed by atoms with Gasteiger partial charge in [-0.15, -0.1) is 0 Å². The number of alkyl halides is 1. The van der Waals surface area contributed by atoms with E-state index >= 15 is 0 Å². The van der Waals surface area contributed by atoms with E-state index in [4.69, 9.17) is 0 Å². The number of fused-ring (bicyclic) bond motifs is 2. The molecule has 0 aliphatic rings. The molecule has 7 nitrogen and oxygen atoms in total. The standard InChI is InChI=1S/C23H30FN7/c1-6-8-23(24,7-2)13-28-22-27-12-18-17(11-26-20(18)30-22)16-9-19-21(25-10-16)29-15(5)31(19)14(3)4/h9-12,14H,6-8,13H2,1-5H3,(H2,26,27,28,30). The van der Waals surface area contributed by atoms with Gasteiger partial charge in [-0.3, -0.25) is 0 Å². The van der Waals surface area contributed by atoms with Gasteiger partial charge in [0, 0.05) is 41.1 Å². The number of imidazole rings is 1. The second-order valence-electron chi connectivity index (χ2n) is 8.46. The summed E-state index contributed by atoms with van der Waals surface area (Å²) in [6, 6.07) is 2.40. The van der Waals surface area contributed by atoms with E-state index in [0.29, 0.717) is 30.5 Å². The van der Waals surface area contributed by atoms with Crippen LogP contribution in [-0.4, -0.2) is 41.7 Å². The molecule has 164 valence electrons. The van der Waals surface area contributed by atoms with E-state index in [0.717, 1.165) is 39.9 Å². The molecule has 1 unspecified atom stereocenters. The minimum Gasteiger partial charge on any atom is -0.351 e. The highest BCUT2D eigenvalue weighted by atomic mass is 19.1. The molecule has 4 aromatic heterocycles. The number of anilines is 1. The first-order valence-electron chi connectivity index (χ1n) is 11.0. The Morgan fingerprint density at radius 2 is 2.00 bits per heavy atom. The fourth-order valence-electron chi connectivity index (χ4n) is 4.20. The summed E-state index contributed by atoms with van der Waals surface area (Å²) in [4.78, 5) is 21.3. The molecule has 4 heterocycles. The molecule has 1 atom stereocenters. The summed E-state index contributed by atoms with van der Waals surface area (Å²) in [6.45, 7) is 10.3. The molecule has 31 heavy (non-hydrogen) atoms. The third kappa shape index (κ3) is 3.98. The van der Waals surface area contributed by atoms with Crippen molar-refractivity contribution in [2.45, 2.75) is 65.6 Å². The number of pyridine rings is 1. The molecule has 0 aliphatic carbocycles. The van der Waals surface area contributed by atoms with E-state index in [1.165, 1.54) is 0 Å². The highest BCUT2D eigenvalue weighted by molar-refractivity contribution is 5.95. The van der Waals surface area contributed by atoms with Crippen LogP contribution in [0.5, 0.6) is 0 Å². The van der Waals surface area contributed by atoms with Gasteiger partial charge in [-0.1, -0.05) is 20.3 Å². The van der Waals surface area contributed by atoms with E-state index in [-0.39, 0.29) is 6.54 Å². The van der Waals surface area contributed by atoms with Crippen LogP contribution < -0.4 is 5.32 Å². The number of hydrogen-bond acceptors (Lipinski definition) is 5. The van der Waals surface area contributed by atoms with Crippen molar-refractivity contribution >= 4 is 28.1 Å². The maximum atomic E-state index is 14.8. The lowest BCUT2D eigenvalue weighted by molar-refractivity contribution is 0.158. The van der Waals surface area contributed by atoms with Crippen LogP contribution >= 0.6 is 0 Å². The average Bonchev–Trinajstić information content (AvgIpc) is 3.31. The van der Waals surface area contributed by atoms with Crippen LogP contribution in [0.2, 0.25) is 0 Å². The van der Waals surface area contributed by atoms with Gasteiger partial charge in [-0.2, -0.15) is 4.98 Å². The Balaban J connectivity index is 1.65. The molecule has 0 aliphatic heterocycles. The Morgan fingerprint density at radius 3 is 2.71 bits per heavy atom. The normalized spacial score (nSPS) is 13.9. The molecule has 8 heteroatoms. The molecule has 0 fully saturated rings. The summed E-state index contributed by atoms with van der Waals surface area (Å²) in [5, 5.41) is 3.97. The van der Waals surface area contributed by atoms with Crippen molar-refractivity contribution in [1.29, 1.82) is 0 Å². The second-order valence-corrected chi connectivity index (χ2v) is 8.46. The zero-order valence-electron chi connectivity index (χ0n) is 18.8. The molecule has 0 aromatic carbocycles. The lowest BCUT2D eigenvalue weighted by Crippen LogP contribution is -2.31. The Kier molecular flexibility index (Phi) is 5.64. The Bertz CT molecular complexity index is 1210. The van der Waals surface area contributed by atoms with E-state index in [9.17, 15) is 4.39 Å². The zero-order valence-corrected chi connectivity index (χ0v) is 18.8. The van der Waals surface area contributed by atoms with E-state index < -0.39 is 5.67 Å². The first kappa shape index (κ1) is 21.2. The maximum Gasteiger partial charge on any atom is 0.224 e. The minimum absolute atomic E-state index is 0.204. The Hall–Kier alpha value is -3.03. The topological polar surface area (TPSA) is 84.3 Å². The second kappa shape index (κ2) is 8.24. The number of rotatable bonds is 8. The largest absolute Gasteiger partial charge is 0.351 e. The molecular formula is C23H30FN7. The smallest absolute Gasteiger partial charge is 0.224 e. The predicted molar refractivity (Wildman–Crippen MR) is 123 cm³/mol. The SMILES string of the molecule is CCCC(F)(CC)CNc1ncc2c(-c3cnc4nc(C)n(C(C)C)c4c3)c[nH]c2n1. The fourth-order valence-corrected chi connectivity index (χ4v) is 4.20. The van der Waals surface area contributed by atoms with Crippen molar-refractivity contribution in [2.75, 3.05) is 11.9 Å². The van der Waals surface area contributed by atoms with Crippen molar-refractivity contribution in [3.63, 3.8) is 0 Å². The molecule has 0 saturated carbocycles. The molecule has 0 amide bonds. The molecule has 4 aromatic rings. The van der Waals surface area contributed by atoms with Crippen LogP contribution in [0.4, 0.5) is 10.3 Å². The Labute approximate surface area is 181 Å². The van der Waals surface area contributed by atoms with Crippen molar-refractivity contribution in [2.24, 2.45) is 0 Å². The number of aromatic nitrogens is 6. The van der Waals surface area contributed by atoms with Crippen LogP contribution in [0.1, 0.15) is 58.8 Å². The third-order valence-electron chi connectivity index (χ3n) is 5.88. The molecule has 0 radical (unpaired) electrons. The third-order valence-corrected chi connectivity index (χ3v) is 5.88. The average molecular weight is 424 g/mol. The highest BCUT2D eigenvalue weighted by Crippen LogP contribution is 2.31. The van der Waals surface area contributed by atoms with Crippen LogP contribution in [0, 0.1) is 6.92 Å². The quantitative estimate of drug-likeness (QED) is 0.386. The van der Waals surface area contributed by atoms with Gasteiger partial charge in [0.1, 0.15) is 17.1 Å². The van der Waals surface area contributed by atoms with Crippen molar-refractivity contribution in [3.8, 4) is 11.1 Å². The number of aromatic amines is 1. The van der Waals surface area contributed by atoms with Gasteiger partial charge in [-0.05, 0) is 39.7 Å². The first-order valence-corrected chi connectivity index (χ1v) is 11.0. The maximum absolute atomic E-state index is 14.8. The predicted octanol–water partition coefficient (Wildman–Crippen LogP) is 5.59. The van der Waals surface area contributed by atoms with Crippen molar-refractivity contribution < 1.29 is 4.39 Å². The highest BCUT2D eigenvalue weighted by Gasteiger charge is 2.26. The summed E-state index contributed by atoms with van der Waals surface area (Å²) in [7, 11) is 0. The molecular weight excluding hydrogens is 393 g/mol. The molecule has 4 rings (SSSR count). The van der Waals surface area contributed by atoms with Gasteiger partial charge >= 0.3 is 0 Å². The summed E-state index contributed by atoms with van der Waals surface area (Å²) >= 11 is 0. The van der Waals surface area contributed by atoms with Crippen LogP contribution in [-0.2, 0) is 0 Å². The van der Waals surface area contributed by atoms with Gasteiger partial charge in [0.25, 0.3) is 0 Å². The zero-order chi connectivity index (χ0) is 22.2. The number of nitrogens with one attached hydrogen (secondary N) is 2. The van der Waals surface area contributed by atoms with E-state index in [2.05, 4.69) is 54.7 Å². The van der Waals surface area contributed by atoms with Crippen molar-refractivity contribution in [3.05, 3.63) is 30.5 Å². The Morgan fingerprint density at radius 1 is 1.19 bits per heavy atom. The van der Waals surface area contributed by atoms with Crippen molar-refractivity contribution in [1.82, 2.24) is 29.5 Å². The number of halogens is 1. The van der Waals surface area contributed by atoms with Crippen LogP contribution in [0.25, 0.3) is 33.3 Å². The lowest BCUT2D eigenvalue weighted by Gasteiger charge is -2.23. The van der Waals surface area contributed by atoms with Gasteiger partial charge in [0.05, 0.1) is 12.1 Å². The summed E-state index contributed by atoms with van der Waals surface area (Å²) in [5.41, 5.74) is 3.17. The molecule has 0 saturated heterocycles. The van der Waals surface area contributed by atoms with Gasteiger partial charge in [0.15, 0.2) is 5.65 Å². The van der Waals surface area contributed by atoms with E-state index in [1.807, 2.05) is 33.2 Å². The number of aryl methyl sites for hydroxylation is 1. The number of nitrogens with zero attached hydrogens (tertiary/aromatic N) is 5. The van der Waals surface area contributed by atoms with Crippen LogP contribution in [0.3, 0.4) is 0 Å². The molecule has 0 spiro atoms. The summed E-state index contributed by atoms with van der Waals surface area (Å²) < 4.78 is 17.0. The fraction of sp³-hybridized carbons (Fsp3) is 0.478.